The molecule has 0 saturated carbocycles. The van der Waals surface area contributed by atoms with Crippen molar-refractivity contribution in [1.82, 2.24) is 0 Å². The van der Waals surface area contributed by atoms with Gasteiger partial charge in [0.05, 0.1) is 0 Å². The molecule has 0 bridgehead atoms. The van der Waals surface area contributed by atoms with Gasteiger partial charge in [-0.05, 0) is 83.5 Å². The maximum absolute atomic E-state index is 12.9. The number of allylic oxidation sites excluding steroid dienone is 12. The Morgan fingerprint density at radius 1 is 0.280 bits per heavy atom. The second kappa shape index (κ2) is 63.4. The molecule has 434 valence electrons. The number of hydrogen-bond donors (Lipinski definition) is 0. The highest BCUT2D eigenvalue weighted by molar-refractivity contribution is 5.71. The molecule has 6 heteroatoms. The standard InChI is InChI=1S/C69H122O6/c1-4-7-10-13-16-19-22-24-26-27-28-29-30-31-32-33-34-35-36-37-38-39-40-41-43-44-47-50-53-56-59-62-68(71)74-65-66(64-73-67(70)61-58-55-52-49-46-21-18-15-12-9-6-3)75-69(72)63-60-57-54-51-48-45-42-25-23-20-17-14-11-8-5-2/h7,10,15-16,18-19,24,26,28-29,31-32,66H,4-6,8-9,11-14,17,20-23,25,27,30,33-65H2,1-3H3/b10-7-,18-15-,19-16-,26-24-,29-28-,32-31-. The van der Waals surface area contributed by atoms with Crippen molar-refractivity contribution in [1.29, 1.82) is 0 Å². The van der Waals surface area contributed by atoms with Crippen molar-refractivity contribution in [2.75, 3.05) is 13.2 Å². The second-order valence-corrected chi connectivity index (χ2v) is 21.6. The van der Waals surface area contributed by atoms with E-state index in [9.17, 15) is 14.4 Å². The summed E-state index contributed by atoms with van der Waals surface area (Å²) in [4.78, 5) is 38.2. The summed E-state index contributed by atoms with van der Waals surface area (Å²) in [7, 11) is 0. The average molecular weight is 1050 g/mol. The molecule has 0 aromatic rings. The van der Waals surface area contributed by atoms with Crippen LogP contribution in [0.25, 0.3) is 0 Å². The van der Waals surface area contributed by atoms with Gasteiger partial charge in [0.25, 0.3) is 0 Å². The fourth-order valence-corrected chi connectivity index (χ4v) is 9.34. The third-order valence-electron chi connectivity index (χ3n) is 14.2. The van der Waals surface area contributed by atoms with Crippen LogP contribution in [0.1, 0.15) is 329 Å². The topological polar surface area (TPSA) is 78.9 Å². The molecule has 75 heavy (non-hydrogen) atoms. The summed E-state index contributed by atoms with van der Waals surface area (Å²) in [6.45, 7) is 6.52. The lowest BCUT2D eigenvalue weighted by molar-refractivity contribution is -0.167. The molecule has 0 fully saturated rings. The minimum absolute atomic E-state index is 0.0734. The maximum Gasteiger partial charge on any atom is 0.306 e. The smallest absolute Gasteiger partial charge is 0.306 e. The van der Waals surface area contributed by atoms with Crippen LogP contribution in [0.3, 0.4) is 0 Å². The van der Waals surface area contributed by atoms with Crippen molar-refractivity contribution in [2.45, 2.75) is 335 Å². The van der Waals surface area contributed by atoms with Crippen LogP contribution < -0.4 is 0 Å². The summed E-state index contributed by atoms with van der Waals surface area (Å²) < 4.78 is 16.9. The van der Waals surface area contributed by atoms with Crippen LogP contribution in [0.2, 0.25) is 0 Å². The lowest BCUT2D eigenvalue weighted by Gasteiger charge is -2.18. The molecule has 0 saturated heterocycles. The van der Waals surface area contributed by atoms with Gasteiger partial charge in [0.1, 0.15) is 13.2 Å². The third-order valence-corrected chi connectivity index (χ3v) is 14.2. The van der Waals surface area contributed by atoms with Gasteiger partial charge in [0, 0.05) is 19.3 Å². The molecule has 0 aromatic carbocycles. The van der Waals surface area contributed by atoms with Crippen LogP contribution >= 0.6 is 0 Å². The lowest BCUT2D eigenvalue weighted by Crippen LogP contribution is -2.30. The Hall–Kier alpha value is -3.15. The molecule has 1 unspecified atom stereocenters. The quantitative estimate of drug-likeness (QED) is 0.0261. The van der Waals surface area contributed by atoms with E-state index < -0.39 is 6.10 Å². The average Bonchev–Trinajstić information content (AvgIpc) is 3.41. The molecule has 0 radical (unpaired) electrons. The number of unbranched alkanes of at least 4 members (excludes halogenated alkanes) is 36. The number of carbonyl (C=O) groups excluding carboxylic acids is 3. The van der Waals surface area contributed by atoms with Crippen molar-refractivity contribution >= 4 is 17.9 Å². The molecule has 0 aliphatic heterocycles. The zero-order valence-corrected chi connectivity index (χ0v) is 49.8. The normalized spacial score (nSPS) is 12.5. The predicted molar refractivity (Wildman–Crippen MR) is 325 cm³/mol. The highest BCUT2D eigenvalue weighted by Gasteiger charge is 2.19. The van der Waals surface area contributed by atoms with Crippen molar-refractivity contribution < 1.29 is 28.6 Å². The van der Waals surface area contributed by atoms with Crippen molar-refractivity contribution in [3.8, 4) is 0 Å². The zero-order chi connectivity index (χ0) is 54.3. The van der Waals surface area contributed by atoms with Crippen LogP contribution in [-0.2, 0) is 28.6 Å². The number of carbonyl (C=O) groups is 3. The molecule has 0 rings (SSSR count). The first kappa shape index (κ1) is 71.8. The van der Waals surface area contributed by atoms with Crippen LogP contribution in [0.15, 0.2) is 72.9 Å². The Kier molecular flexibility index (Phi) is 60.7. The first-order valence-corrected chi connectivity index (χ1v) is 32.4. The molecule has 0 heterocycles. The van der Waals surface area contributed by atoms with Crippen molar-refractivity contribution in [2.24, 2.45) is 0 Å². The van der Waals surface area contributed by atoms with Crippen LogP contribution in [-0.4, -0.2) is 37.2 Å². The van der Waals surface area contributed by atoms with Gasteiger partial charge in [-0.2, -0.15) is 0 Å². The van der Waals surface area contributed by atoms with E-state index in [1.165, 1.54) is 193 Å². The summed E-state index contributed by atoms with van der Waals surface area (Å²) in [6, 6.07) is 0. The van der Waals surface area contributed by atoms with E-state index in [1.54, 1.807) is 0 Å². The summed E-state index contributed by atoms with van der Waals surface area (Å²) in [6.07, 6.45) is 82.1. The molecule has 0 spiro atoms. The summed E-state index contributed by atoms with van der Waals surface area (Å²) >= 11 is 0. The SMILES string of the molecule is CC/C=C\C/C=C\C/C=C\C/C=C\C/C=C\CCCCCCCCCCCCCCCCCC(=O)OCC(COC(=O)CCCCCCC/C=C\CCCC)OC(=O)CCCCCCCCCCCCCCCCC. The van der Waals surface area contributed by atoms with E-state index >= 15 is 0 Å². The van der Waals surface area contributed by atoms with Gasteiger partial charge in [-0.3, -0.25) is 14.4 Å². The van der Waals surface area contributed by atoms with Gasteiger partial charge in [0.15, 0.2) is 6.10 Å². The predicted octanol–water partition coefficient (Wildman–Crippen LogP) is 22.1. The van der Waals surface area contributed by atoms with Gasteiger partial charge < -0.3 is 14.2 Å². The number of ether oxygens (including phenoxy) is 3. The Labute approximate surface area is 465 Å². The third kappa shape index (κ3) is 61.6. The highest BCUT2D eigenvalue weighted by atomic mass is 16.6. The van der Waals surface area contributed by atoms with Gasteiger partial charge in [-0.15, -0.1) is 0 Å². The lowest BCUT2D eigenvalue weighted by atomic mass is 10.0. The monoisotopic (exact) mass is 1050 g/mol. The maximum atomic E-state index is 12.9. The largest absolute Gasteiger partial charge is 0.462 e. The van der Waals surface area contributed by atoms with E-state index in [0.29, 0.717) is 19.3 Å². The molecular weight excluding hydrogens is 925 g/mol. The Morgan fingerprint density at radius 2 is 0.533 bits per heavy atom. The molecule has 1 atom stereocenters. The van der Waals surface area contributed by atoms with Gasteiger partial charge >= 0.3 is 17.9 Å². The van der Waals surface area contributed by atoms with Crippen LogP contribution in [0.5, 0.6) is 0 Å². The van der Waals surface area contributed by atoms with E-state index in [0.717, 1.165) is 96.3 Å². The fourth-order valence-electron chi connectivity index (χ4n) is 9.34. The van der Waals surface area contributed by atoms with E-state index in [1.807, 2.05) is 0 Å². The Balaban J connectivity index is 4.14. The molecule has 0 amide bonds. The van der Waals surface area contributed by atoms with E-state index in [-0.39, 0.29) is 31.1 Å². The number of hydrogen-bond acceptors (Lipinski definition) is 6. The van der Waals surface area contributed by atoms with E-state index in [2.05, 4.69) is 93.7 Å². The van der Waals surface area contributed by atoms with Gasteiger partial charge in [-0.1, -0.05) is 299 Å². The van der Waals surface area contributed by atoms with Crippen molar-refractivity contribution in [3.63, 3.8) is 0 Å². The zero-order valence-electron chi connectivity index (χ0n) is 49.8. The van der Waals surface area contributed by atoms with Gasteiger partial charge in [0.2, 0.25) is 0 Å². The molecule has 0 N–H and O–H groups in total. The van der Waals surface area contributed by atoms with Crippen LogP contribution in [0, 0.1) is 0 Å². The molecule has 6 nitrogen and oxygen atoms in total. The first-order chi connectivity index (χ1) is 37.0. The fraction of sp³-hybridized carbons (Fsp3) is 0.783. The summed E-state index contributed by atoms with van der Waals surface area (Å²) in [5.74, 6) is -0.867. The Bertz CT molecular complexity index is 1390. The summed E-state index contributed by atoms with van der Waals surface area (Å²) in [5.41, 5.74) is 0. The molecule has 0 aliphatic carbocycles. The highest BCUT2D eigenvalue weighted by Crippen LogP contribution is 2.17. The Morgan fingerprint density at radius 3 is 0.867 bits per heavy atom. The second-order valence-electron chi connectivity index (χ2n) is 21.6. The van der Waals surface area contributed by atoms with Gasteiger partial charge in [-0.25, -0.2) is 0 Å². The molecular formula is C69H122O6. The minimum Gasteiger partial charge on any atom is -0.462 e. The molecule has 0 aliphatic rings. The molecule has 0 aromatic heterocycles. The minimum atomic E-state index is -0.775. The summed E-state index contributed by atoms with van der Waals surface area (Å²) in [5, 5.41) is 0. The van der Waals surface area contributed by atoms with Crippen molar-refractivity contribution in [3.05, 3.63) is 72.9 Å². The number of esters is 3. The number of rotatable bonds is 59. The first-order valence-electron chi connectivity index (χ1n) is 32.4. The van der Waals surface area contributed by atoms with E-state index in [4.69, 9.17) is 14.2 Å². The van der Waals surface area contributed by atoms with Crippen LogP contribution in [0.4, 0.5) is 0 Å².